The lowest BCUT2D eigenvalue weighted by Gasteiger charge is -2.09. The SMILES string of the molecule is CCCCn1c(SCc2ccccc2F)nc(C)c1C. The van der Waals surface area contributed by atoms with Gasteiger partial charge in [0.1, 0.15) is 5.82 Å². The van der Waals surface area contributed by atoms with E-state index in [0.29, 0.717) is 5.75 Å². The van der Waals surface area contributed by atoms with Crippen LogP contribution < -0.4 is 0 Å². The number of aryl methyl sites for hydroxylation is 1. The van der Waals surface area contributed by atoms with Gasteiger partial charge in [0.05, 0.1) is 5.69 Å². The molecule has 2 rings (SSSR count). The summed E-state index contributed by atoms with van der Waals surface area (Å²) < 4.78 is 15.9. The first-order valence-electron chi connectivity index (χ1n) is 7.03. The molecule has 0 N–H and O–H groups in total. The molecular formula is C16H21FN2S. The van der Waals surface area contributed by atoms with Crippen molar-refractivity contribution < 1.29 is 4.39 Å². The Kier molecular flexibility index (Phi) is 5.24. The standard InChI is InChI=1S/C16H21FN2S/c1-4-5-10-19-13(3)12(2)18-16(19)20-11-14-8-6-7-9-15(14)17/h6-9H,4-5,10-11H2,1-3H3. The van der Waals surface area contributed by atoms with Crippen molar-refractivity contribution in [1.82, 2.24) is 9.55 Å². The largest absolute Gasteiger partial charge is 0.323 e. The summed E-state index contributed by atoms with van der Waals surface area (Å²) in [7, 11) is 0. The van der Waals surface area contributed by atoms with Gasteiger partial charge in [-0.2, -0.15) is 0 Å². The molecule has 0 aliphatic heterocycles. The lowest BCUT2D eigenvalue weighted by atomic mass is 10.2. The third-order valence-corrected chi connectivity index (χ3v) is 4.50. The summed E-state index contributed by atoms with van der Waals surface area (Å²) in [6.07, 6.45) is 2.30. The van der Waals surface area contributed by atoms with Gasteiger partial charge in [-0.3, -0.25) is 0 Å². The number of halogens is 1. The molecule has 0 bridgehead atoms. The minimum atomic E-state index is -0.139. The number of aromatic nitrogens is 2. The van der Waals surface area contributed by atoms with Crippen LogP contribution in [0.2, 0.25) is 0 Å². The lowest BCUT2D eigenvalue weighted by molar-refractivity contribution is 0.575. The molecule has 0 saturated heterocycles. The summed E-state index contributed by atoms with van der Waals surface area (Å²) in [5, 5.41) is 0.997. The lowest BCUT2D eigenvalue weighted by Crippen LogP contribution is -2.02. The van der Waals surface area contributed by atoms with Crippen molar-refractivity contribution >= 4 is 11.8 Å². The molecule has 4 heteroatoms. The Morgan fingerprint density at radius 2 is 2.00 bits per heavy atom. The van der Waals surface area contributed by atoms with Crippen LogP contribution in [0.4, 0.5) is 4.39 Å². The maximum atomic E-state index is 13.6. The number of unbranched alkanes of at least 4 members (excludes halogenated alkanes) is 1. The van der Waals surface area contributed by atoms with Crippen LogP contribution in [0, 0.1) is 19.7 Å². The highest BCUT2D eigenvalue weighted by Crippen LogP contribution is 2.26. The molecule has 0 amide bonds. The van der Waals surface area contributed by atoms with Crippen LogP contribution in [0.1, 0.15) is 36.7 Å². The molecule has 2 aromatic rings. The molecule has 0 fully saturated rings. The Labute approximate surface area is 124 Å². The molecule has 0 spiro atoms. The van der Waals surface area contributed by atoms with Crippen molar-refractivity contribution in [1.29, 1.82) is 0 Å². The number of benzene rings is 1. The maximum absolute atomic E-state index is 13.6. The van der Waals surface area contributed by atoms with Crippen molar-refractivity contribution in [2.45, 2.75) is 51.1 Å². The van der Waals surface area contributed by atoms with Crippen LogP contribution in [0.5, 0.6) is 0 Å². The predicted octanol–water partition coefficient (Wildman–Crippen LogP) is 4.73. The molecule has 1 aromatic heterocycles. The monoisotopic (exact) mass is 292 g/mol. The van der Waals surface area contributed by atoms with E-state index in [2.05, 4.69) is 23.4 Å². The Hall–Kier alpha value is -1.29. The molecule has 0 radical (unpaired) electrons. The predicted molar refractivity (Wildman–Crippen MR) is 82.6 cm³/mol. The molecule has 0 unspecified atom stereocenters. The van der Waals surface area contributed by atoms with Gasteiger partial charge in [-0.1, -0.05) is 43.3 Å². The fourth-order valence-corrected chi connectivity index (χ4v) is 3.18. The number of hydrogen-bond acceptors (Lipinski definition) is 2. The number of rotatable bonds is 6. The van der Waals surface area contributed by atoms with E-state index in [0.717, 1.165) is 35.8 Å². The summed E-state index contributed by atoms with van der Waals surface area (Å²) in [4.78, 5) is 4.61. The summed E-state index contributed by atoms with van der Waals surface area (Å²) in [6, 6.07) is 6.94. The number of nitrogens with zero attached hydrogens (tertiary/aromatic N) is 2. The van der Waals surface area contributed by atoms with Crippen molar-refractivity contribution in [2.75, 3.05) is 0 Å². The normalized spacial score (nSPS) is 11.0. The number of hydrogen-bond donors (Lipinski definition) is 0. The van der Waals surface area contributed by atoms with Crippen LogP contribution in [-0.4, -0.2) is 9.55 Å². The highest BCUT2D eigenvalue weighted by atomic mass is 32.2. The Balaban J connectivity index is 2.13. The zero-order valence-corrected chi connectivity index (χ0v) is 13.1. The zero-order valence-electron chi connectivity index (χ0n) is 12.3. The van der Waals surface area contributed by atoms with Crippen molar-refractivity contribution in [3.63, 3.8) is 0 Å². The molecule has 0 aliphatic carbocycles. The average molecular weight is 292 g/mol. The first-order chi connectivity index (χ1) is 9.63. The third-order valence-electron chi connectivity index (χ3n) is 3.47. The average Bonchev–Trinajstić information content (AvgIpc) is 2.71. The summed E-state index contributed by atoms with van der Waals surface area (Å²) in [6.45, 7) is 7.31. The van der Waals surface area contributed by atoms with Crippen molar-refractivity contribution in [2.24, 2.45) is 0 Å². The Bertz CT molecular complexity index is 578. The highest BCUT2D eigenvalue weighted by molar-refractivity contribution is 7.98. The minimum absolute atomic E-state index is 0.139. The molecule has 0 saturated carbocycles. The minimum Gasteiger partial charge on any atom is -0.323 e. The summed E-state index contributed by atoms with van der Waals surface area (Å²) in [5.41, 5.74) is 3.02. The van der Waals surface area contributed by atoms with E-state index in [1.807, 2.05) is 19.1 Å². The first kappa shape index (κ1) is 15.1. The van der Waals surface area contributed by atoms with E-state index in [4.69, 9.17) is 0 Å². The molecule has 0 atom stereocenters. The molecule has 108 valence electrons. The highest BCUT2D eigenvalue weighted by Gasteiger charge is 2.12. The van der Waals surface area contributed by atoms with Gasteiger partial charge in [-0.25, -0.2) is 9.37 Å². The summed E-state index contributed by atoms with van der Waals surface area (Å²) >= 11 is 1.61. The first-order valence-corrected chi connectivity index (χ1v) is 8.02. The number of thioether (sulfide) groups is 1. The zero-order chi connectivity index (χ0) is 14.5. The Morgan fingerprint density at radius 1 is 1.25 bits per heavy atom. The Morgan fingerprint density at radius 3 is 2.70 bits per heavy atom. The van der Waals surface area contributed by atoms with E-state index < -0.39 is 0 Å². The van der Waals surface area contributed by atoms with Crippen LogP contribution in [0.15, 0.2) is 29.4 Å². The van der Waals surface area contributed by atoms with Crippen molar-refractivity contribution in [3.05, 3.63) is 47.0 Å². The van der Waals surface area contributed by atoms with Gasteiger partial charge in [0.15, 0.2) is 5.16 Å². The summed E-state index contributed by atoms with van der Waals surface area (Å²) in [5.74, 6) is 0.481. The van der Waals surface area contributed by atoms with Gasteiger partial charge in [-0.05, 0) is 31.9 Å². The molecule has 1 aromatic carbocycles. The number of imidazole rings is 1. The topological polar surface area (TPSA) is 17.8 Å². The van der Waals surface area contributed by atoms with E-state index in [1.54, 1.807) is 17.8 Å². The third kappa shape index (κ3) is 3.42. The second-order valence-corrected chi connectivity index (χ2v) is 5.89. The molecule has 20 heavy (non-hydrogen) atoms. The fraction of sp³-hybridized carbons (Fsp3) is 0.438. The molecule has 1 heterocycles. The fourth-order valence-electron chi connectivity index (χ4n) is 2.07. The van der Waals surface area contributed by atoms with Gasteiger partial charge < -0.3 is 4.57 Å². The van der Waals surface area contributed by atoms with Crippen molar-refractivity contribution in [3.8, 4) is 0 Å². The van der Waals surface area contributed by atoms with Gasteiger partial charge in [0.2, 0.25) is 0 Å². The van der Waals surface area contributed by atoms with E-state index in [-0.39, 0.29) is 5.82 Å². The van der Waals surface area contributed by atoms with Gasteiger partial charge in [0.25, 0.3) is 0 Å². The maximum Gasteiger partial charge on any atom is 0.168 e. The molecule has 2 nitrogen and oxygen atoms in total. The van der Waals surface area contributed by atoms with Crippen LogP contribution >= 0.6 is 11.8 Å². The second kappa shape index (κ2) is 6.93. The van der Waals surface area contributed by atoms with Crippen LogP contribution in [-0.2, 0) is 12.3 Å². The van der Waals surface area contributed by atoms with Crippen LogP contribution in [0.25, 0.3) is 0 Å². The van der Waals surface area contributed by atoms with Gasteiger partial charge >= 0.3 is 0 Å². The van der Waals surface area contributed by atoms with Crippen LogP contribution in [0.3, 0.4) is 0 Å². The van der Waals surface area contributed by atoms with Gasteiger partial charge in [0, 0.05) is 18.0 Å². The van der Waals surface area contributed by atoms with E-state index in [9.17, 15) is 4.39 Å². The quantitative estimate of drug-likeness (QED) is 0.716. The van der Waals surface area contributed by atoms with E-state index >= 15 is 0 Å². The van der Waals surface area contributed by atoms with E-state index in [1.165, 1.54) is 11.8 Å². The molecular weight excluding hydrogens is 271 g/mol. The molecule has 0 aliphatic rings. The van der Waals surface area contributed by atoms with Gasteiger partial charge in [-0.15, -0.1) is 0 Å². The smallest absolute Gasteiger partial charge is 0.168 e. The second-order valence-electron chi connectivity index (χ2n) is 4.95.